The molecule has 5 nitrogen and oxygen atoms in total. The van der Waals surface area contributed by atoms with Crippen LogP contribution in [0.4, 0.5) is 0 Å². The molecule has 0 aromatic heterocycles. The molecule has 0 spiro atoms. The van der Waals surface area contributed by atoms with Gasteiger partial charge in [-0.2, -0.15) is 0 Å². The molecule has 0 bridgehead atoms. The lowest BCUT2D eigenvalue weighted by atomic mass is 10.1. The monoisotopic (exact) mass is 335 g/mol. The van der Waals surface area contributed by atoms with Crippen molar-refractivity contribution >= 4 is 11.9 Å². The Kier molecular flexibility index (Phi) is 10.3. The predicted octanol–water partition coefficient (Wildman–Crippen LogP) is 3.26. The number of carbonyl (C=O) groups excluding carboxylic acids is 2. The van der Waals surface area contributed by atoms with E-state index in [1.165, 1.54) is 0 Å². The van der Waals surface area contributed by atoms with Gasteiger partial charge in [0.05, 0.1) is 19.6 Å². The van der Waals surface area contributed by atoms with Gasteiger partial charge in [-0.3, -0.25) is 9.59 Å². The Morgan fingerprint density at radius 3 is 2.46 bits per heavy atom. The van der Waals surface area contributed by atoms with Crippen molar-refractivity contribution in [1.82, 2.24) is 5.32 Å². The van der Waals surface area contributed by atoms with Gasteiger partial charge in [-0.15, -0.1) is 0 Å². The van der Waals surface area contributed by atoms with Crippen molar-refractivity contribution in [2.75, 3.05) is 19.8 Å². The van der Waals surface area contributed by atoms with Gasteiger partial charge in [0.15, 0.2) is 0 Å². The maximum Gasteiger partial charge on any atom is 0.310 e. The summed E-state index contributed by atoms with van der Waals surface area (Å²) < 4.78 is 10.5. The van der Waals surface area contributed by atoms with Crippen molar-refractivity contribution in [1.29, 1.82) is 0 Å². The minimum absolute atomic E-state index is 0.0219. The number of rotatable bonds is 12. The highest BCUT2D eigenvalue weighted by atomic mass is 16.5. The number of benzene rings is 1. The molecular weight excluding hydrogens is 306 g/mol. The van der Waals surface area contributed by atoms with Gasteiger partial charge in [0.2, 0.25) is 5.91 Å². The van der Waals surface area contributed by atoms with E-state index in [1.54, 1.807) is 0 Å². The molecule has 0 saturated heterocycles. The Balaban J connectivity index is 2.12. The van der Waals surface area contributed by atoms with Gasteiger partial charge in [-0.05, 0) is 31.0 Å². The van der Waals surface area contributed by atoms with E-state index >= 15 is 0 Å². The first-order valence-corrected chi connectivity index (χ1v) is 8.79. The molecule has 0 fully saturated rings. The van der Waals surface area contributed by atoms with Crippen LogP contribution in [0.1, 0.15) is 51.5 Å². The number of esters is 1. The fraction of sp³-hybridized carbons (Fsp3) is 0.579. The zero-order valence-electron chi connectivity index (χ0n) is 14.8. The van der Waals surface area contributed by atoms with Crippen LogP contribution in [0, 0.1) is 0 Å². The van der Waals surface area contributed by atoms with E-state index in [0.717, 1.165) is 37.0 Å². The molecule has 0 aliphatic carbocycles. The molecule has 5 heteroatoms. The first kappa shape index (κ1) is 20.0. The molecule has 0 radical (unpaired) electrons. The molecular formula is C19H29NO4. The minimum Gasteiger partial charge on any atom is -0.494 e. The van der Waals surface area contributed by atoms with Crippen LogP contribution in [-0.4, -0.2) is 31.6 Å². The van der Waals surface area contributed by atoms with Crippen LogP contribution in [0.3, 0.4) is 0 Å². The molecule has 0 unspecified atom stereocenters. The molecule has 134 valence electrons. The van der Waals surface area contributed by atoms with E-state index < -0.39 is 0 Å². The van der Waals surface area contributed by atoms with E-state index in [1.807, 2.05) is 31.2 Å². The maximum atomic E-state index is 11.7. The van der Waals surface area contributed by atoms with Gasteiger partial charge in [-0.25, -0.2) is 0 Å². The normalized spacial score (nSPS) is 10.2. The summed E-state index contributed by atoms with van der Waals surface area (Å²) in [6.07, 6.45) is 5.08. The van der Waals surface area contributed by atoms with Crippen molar-refractivity contribution < 1.29 is 19.1 Å². The highest BCUT2D eigenvalue weighted by Gasteiger charge is 2.06. The second-order valence-corrected chi connectivity index (χ2v) is 5.63. The van der Waals surface area contributed by atoms with Crippen LogP contribution in [0.25, 0.3) is 0 Å². The summed E-state index contributed by atoms with van der Waals surface area (Å²) in [4.78, 5) is 23.3. The van der Waals surface area contributed by atoms with Crippen LogP contribution in [-0.2, 0) is 20.7 Å². The number of hydrogen-bond donors (Lipinski definition) is 1. The summed E-state index contributed by atoms with van der Waals surface area (Å²) in [7, 11) is 0. The van der Waals surface area contributed by atoms with Gasteiger partial charge in [0, 0.05) is 6.42 Å². The third kappa shape index (κ3) is 9.18. The fourth-order valence-corrected chi connectivity index (χ4v) is 2.24. The molecule has 1 N–H and O–H groups in total. The predicted molar refractivity (Wildman–Crippen MR) is 94.0 cm³/mol. The van der Waals surface area contributed by atoms with E-state index in [4.69, 9.17) is 9.47 Å². The van der Waals surface area contributed by atoms with Crippen LogP contribution < -0.4 is 10.1 Å². The number of amides is 1. The molecule has 0 heterocycles. The number of carbonyl (C=O) groups is 2. The maximum absolute atomic E-state index is 11.7. The van der Waals surface area contributed by atoms with Gasteiger partial charge < -0.3 is 14.8 Å². The smallest absolute Gasteiger partial charge is 0.310 e. The first-order chi connectivity index (χ1) is 11.7. The summed E-state index contributed by atoms with van der Waals surface area (Å²) in [5, 5.41) is 2.77. The zero-order chi connectivity index (χ0) is 17.6. The average molecular weight is 335 g/mol. The lowest BCUT2D eigenvalue weighted by molar-refractivity contribution is -0.143. The van der Waals surface area contributed by atoms with Gasteiger partial charge >= 0.3 is 5.97 Å². The molecule has 1 amide bonds. The lowest BCUT2D eigenvalue weighted by Gasteiger charge is -2.08. The topological polar surface area (TPSA) is 64.6 Å². The SMILES string of the molecule is CCCCCCC(=O)NCCOC(=O)Cc1ccc(OCC)cc1. The van der Waals surface area contributed by atoms with E-state index in [9.17, 15) is 9.59 Å². The molecule has 0 aliphatic rings. The minimum atomic E-state index is -0.295. The van der Waals surface area contributed by atoms with Crippen LogP contribution in [0.5, 0.6) is 5.75 Å². The Hall–Kier alpha value is -2.04. The van der Waals surface area contributed by atoms with Crippen LogP contribution in [0.15, 0.2) is 24.3 Å². The molecule has 1 aromatic carbocycles. The van der Waals surface area contributed by atoms with Crippen molar-refractivity contribution in [3.05, 3.63) is 29.8 Å². The molecule has 0 saturated carbocycles. The molecule has 0 atom stereocenters. The quantitative estimate of drug-likeness (QED) is 0.470. The summed E-state index contributed by atoms with van der Waals surface area (Å²) >= 11 is 0. The highest BCUT2D eigenvalue weighted by molar-refractivity contribution is 5.76. The Bertz CT molecular complexity index is 485. The summed E-state index contributed by atoms with van der Waals surface area (Å²) in [6.45, 7) is 5.25. The highest BCUT2D eigenvalue weighted by Crippen LogP contribution is 2.12. The second-order valence-electron chi connectivity index (χ2n) is 5.63. The van der Waals surface area contributed by atoms with E-state index in [2.05, 4.69) is 12.2 Å². The molecule has 0 aliphatic heterocycles. The standard InChI is InChI=1S/C19H29NO4/c1-3-5-6-7-8-18(21)20-13-14-24-19(22)15-16-9-11-17(12-10-16)23-4-2/h9-12H,3-8,13-15H2,1-2H3,(H,20,21). The Morgan fingerprint density at radius 2 is 1.79 bits per heavy atom. The fourth-order valence-electron chi connectivity index (χ4n) is 2.24. The third-order valence-corrected chi connectivity index (χ3v) is 3.53. The average Bonchev–Trinajstić information content (AvgIpc) is 2.58. The first-order valence-electron chi connectivity index (χ1n) is 8.79. The molecule has 24 heavy (non-hydrogen) atoms. The Labute approximate surface area is 144 Å². The number of ether oxygens (including phenoxy) is 2. The lowest BCUT2D eigenvalue weighted by Crippen LogP contribution is -2.28. The zero-order valence-corrected chi connectivity index (χ0v) is 14.8. The van der Waals surface area contributed by atoms with Crippen LogP contribution in [0.2, 0.25) is 0 Å². The number of hydrogen-bond acceptors (Lipinski definition) is 4. The van der Waals surface area contributed by atoms with Gasteiger partial charge in [0.25, 0.3) is 0 Å². The van der Waals surface area contributed by atoms with Crippen molar-refractivity contribution in [2.24, 2.45) is 0 Å². The molecule has 1 rings (SSSR count). The third-order valence-electron chi connectivity index (χ3n) is 3.53. The summed E-state index contributed by atoms with van der Waals surface area (Å²) in [5.74, 6) is 0.515. The summed E-state index contributed by atoms with van der Waals surface area (Å²) in [5.41, 5.74) is 0.878. The Morgan fingerprint density at radius 1 is 1.04 bits per heavy atom. The number of unbranched alkanes of at least 4 members (excludes halogenated alkanes) is 3. The van der Waals surface area contributed by atoms with Crippen molar-refractivity contribution in [3.63, 3.8) is 0 Å². The van der Waals surface area contributed by atoms with E-state index in [0.29, 0.717) is 19.6 Å². The van der Waals surface area contributed by atoms with Crippen LogP contribution >= 0.6 is 0 Å². The van der Waals surface area contributed by atoms with Crippen molar-refractivity contribution in [2.45, 2.75) is 52.4 Å². The van der Waals surface area contributed by atoms with Gasteiger partial charge in [0.1, 0.15) is 12.4 Å². The van der Waals surface area contributed by atoms with Crippen molar-refractivity contribution in [3.8, 4) is 5.75 Å². The van der Waals surface area contributed by atoms with E-state index in [-0.39, 0.29) is 24.9 Å². The summed E-state index contributed by atoms with van der Waals surface area (Å²) in [6, 6.07) is 7.38. The number of nitrogens with one attached hydrogen (secondary N) is 1. The largest absolute Gasteiger partial charge is 0.494 e. The second kappa shape index (κ2) is 12.4. The molecule has 1 aromatic rings. The van der Waals surface area contributed by atoms with Gasteiger partial charge in [-0.1, -0.05) is 38.3 Å².